The first kappa shape index (κ1) is 25.2. The number of nitrogens with one attached hydrogen (secondary N) is 3. The van der Waals surface area contributed by atoms with Gasteiger partial charge in [0.2, 0.25) is 10.0 Å². The van der Waals surface area contributed by atoms with Gasteiger partial charge in [-0.25, -0.2) is 23.1 Å². The van der Waals surface area contributed by atoms with Gasteiger partial charge in [0.1, 0.15) is 5.01 Å². The number of aliphatic imine (C=N–C) groups is 1. The second-order valence-corrected chi connectivity index (χ2v) is 8.73. The molecule has 0 unspecified atom stereocenters. The molecule has 29 heavy (non-hydrogen) atoms. The summed E-state index contributed by atoms with van der Waals surface area (Å²) in [6.07, 6.45) is 1.79. The molecule has 0 radical (unpaired) electrons. The van der Waals surface area contributed by atoms with Gasteiger partial charge in [0, 0.05) is 42.8 Å². The van der Waals surface area contributed by atoms with E-state index >= 15 is 0 Å². The van der Waals surface area contributed by atoms with Crippen LogP contribution in [0.3, 0.4) is 0 Å². The Bertz CT molecular complexity index is 948. The molecule has 2 aromatic rings. The predicted molar refractivity (Wildman–Crippen MR) is 123 cm³/mol. The van der Waals surface area contributed by atoms with Crippen LogP contribution in [0.5, 0.6) is 0 Å². The molecule has 0 saturated carbocycles. The van der Waals surface area contributed by atoms with Crippen molar-refractivity contribution in [3.8, 4) is 0 Å². The minimum atomic E-state index is -3.84. The molecule has 0 aliphatic carbocycles. The minimum Gasteiger partial charge on any atom is -0.357 e. The Labute approximate surface area is 190 Å². The number of hydrogen-bond acceptors (Lipinski definition) is 7. The number of aromatic nitrogens is 1. The van der Waals surface area contributed by atoms with Gasteiger partial charge < -0.3 is 10.6 Å². The molecule has 10 nitrogen and oxygen atoms in total. The third-order valence-electron chi connectivity index (χ3n) is 3.43. The highest BCUT2D eigenvalue weighted by molar-refractivity contribution is 14.0. The molecular formula is C16H23IN6O4S2. The number of hydrogen-bond donors (Lipinski definition) is 3. The summed E-state index contributed by atoms with van der Waals surface area (Å²) in [7, 11) is -3.84. The number of nitro groups is 1. The maximum absolute atomic E-state index is 12.3. The predicted octanol–water partition coefficient (Wildman–Crippen LogP) is 2.01. The van der Waals surface area contributed by atoms with Gasteiger partial charge in [-0.05, 0) is 19.9 Å². The van der Waals surface area contributed by atoms with Crippen LogP contribution in [0.25, 0.3) is 0 Å². The maximum atomic E-state index is 12.3. The molecule has 1 aromatic heterocycles. The molecule has 0 aliphatic heterocycles. The summed E-state index contributed by atoms with van der Waals surface area (Å²) in [4.78, 5) is 19.8. The van der Waals surface area contributed by atoms with E-state index in [0.29, 0.717) is 19.0 Å². The molecule has 0 saturated heterocycles. The topological polar surface area (TPSA) is 139 Å². The van der Waals surface area contributed by atoms with E-state index in [-0.39, 0.29) is 47.6 Å². The van der Waals surface area contributed by atoms with Crippen molar-refractivity contribution in [2.75, 3.05) is 19.6 Å². The van der Waals surface area contributed by atoms with Gasteiger partial charge in [-0.15, -0.1) is 35.3 Å². The van der Waals surface area contributed by atoms with Gasteiger partial charge >= 0.3 is 0 Å². The summed E-state index contributed by atoms with van der Waals surface area (Å²) >= 11 is 1.57. The zero-order valence-corrected chi connectivity index (χ0v) is 19.9. The smallest absolute Gasteiger partial charge is 0.270 e. The van der Waals surface area contributed by atoms with Crippen molar-refractivity contribution in [3.63, 3.8) is 0 Å². The molecule has 0 atom stereocenters. The highest BCUT2D eigenvalue weighted by Gasteiger charge is 2.17. The number of sulfonamides is 1. The van der Waals surface area contributed by atoms with Crippen LogP contribution in [0.4, 0.5) is 5.69 Å². The van der Waals surface area contributed by atoms with E-state index in [9.17, 15) is 18.5 Å². The second kappa shape index (κ2) is 12.0. The Morgan fingerprint density at radius 2 is 2.07 bits per heavy atom. The first-order valence-electron chi connectivity index (χ1n) is 8.49. The Morgan fingerprint density at radius 1 is 1.31 bits per heavy atom. The summed E-state index contributed by atoms with van der Waals surface area (Å²) in [6, 6.07) is 4.91. The Balaban J connectivity index is 0.00000420. The SMILES string of the molecule is CCNC(=NCc1ncc(C)s1)NCCNS(=O)(=O)c1cccc([N+](=O)[O-])c1.I. The lowest BCUT2D eigenvalue weighted by Crippen LogP contribution is -2.41. The lowest BCUT2D eigenvalue weighted by Gasteiger charge is -2.12. The number of halogens is 1. The largest absolute Gasteiger partial charge is 0.357 e. The fourth-order valence-corrected chi connectivity index (χ4v) is 3.96. The molecule has 160 valence electrons. The van der Waals surface area contributed by atoms with Crippen molar-refractivity contribution < 1.29 is 13.3 Å². The number of nitro benzene ring substituents is 1. The average Bonchev–Trinajstić information content (AvgIpc) is 3.08. The second-order valence-electron chi connectivity index (χ2n) is 5.64. The molecule has 2 rings (SSSR count). The summed E-state index contributed by atoms with van der Waals surface area (Å²) in [6.45, 7) is 5.36. The van der Waals surface area contributed by atoms with Gasteiger partial charge in [-0.2, -0.15) is 0 Å². The lowest BCUT2D eigenvalue weighted by molar-refractivity contribution is -0.385. The van der Waals surface area contributed by atoms with E-state index in [0.717, 1.165) is 16.0 Å². The summed E-state index contributed by atoms with van der Waals surface area (Å²) in [5.74, 6) is 0.546. The van der Waals surface area contributed by atoms with Crippen molar-refractivity contribution in [2.45, 2.75) is 25.3 Å². The van der Waals surface area contributed by atoms with Crippen LogP contribution in [0.2, 0.25) is 0 Å². The van der Waals surface area contributed by atoms with Crippen molar-refractivity contribution in [1.82, 2.24) is 20.3 Å². The van der Waals surface area contributed by atoms with Crippen LogP contribution in [0.15, 0.2) is 40.4 Å². The standard InChI is InChI=1S/C16H22N6O4S2.HI/c1-3-17-16(20-11-15-19-10-12(2)27-15)18-7-8-21-28(25,26)14-6-4-5-13(9-14)22(23)24;/h4-6,9-10,21H,3,7-8,11H2,1-2H3,(H2,17,18,20);1H. The van der Waals surface area contributed by atoms with Crippen LogP contribution < -0.4 is 15.4 Å². The van der Waals surface area contributed by atoms with E-state index in [1.54, 1.807) is 17.5 Å². The van der Waals surface area contributed by atoms with E-state index in [1.165, 1.54) is 18.2 Å². The molecule has 3 N–H and O–H groups in total. The average molecular weight is 554 g/mol. The molecule has 13 heteroatoms. The minimum absolute atomic E-state index is 0. The zero-order chi connectivity index (χ0) is 20.6. The van der Waals surface area contributed by atoms with Crippen LogP contribution in [0, 0.1) is 17.0 Å². The monoisotopic (exact) mass is 554 g/mol. The van der Waals surface area contributed by atoms with Crippen LogP contribution in [-0.4, -0.2) is 43.9 Å². The van der Waals surface area contributed by atoms with E-state index in [1.807, 2.05) is 13.8 Å². The van der Waals surface area contributed by atoms with Gasteiger partial charge in [0.15, 0.2) is 5.96 Å². The Kier molecular flexibility index (Phi) is 10.4. The lowest BCUT2D eigenvalue weighted by atomic mass is 10.3. The van der Waals surface area contributed by atoms with E-state index in [2.05, 4.69) is 25.3 Å². The Hall–Kier alpha value is -1.84. The quantitative estimate of drug-likeness (QED) is 0.108. The van der Waals surface area contributed by atoms with Crippen LogP contribution in [-0.2, 0) is 16.6 Å². The molecule has 1 heterocycles. The number of rotatable bonds is 9. The van der Waals surface area contributed by atoms with E-state index in [4.69, 9.17) is 0 Å². The molecule has 0 fully saturated rings. The summed E-state index contributed by atoms with van der Waals surface area (Å²) < 4.78 is 27.0. The molecular weight excluding hydrogens is 531 g/mol. The Morgan fingerprint density at radius 3 is 2.69 bits per heavy atom. The summed E-state index contributed by atoms with van der Waals surface area (Å²) in [5, 5.41) is 17.8. The maximum Gasteiger partial charge on any atom is 0.270 e. The molecule has 1 aromatic carbocycles. The normalized spacial score (nSPS) is 11.6. The van der Waals surface area contributed by atoms with E-state index < -0.39 is 14.9 Å². The number of aryl methyl sites for hydroxylation is 1. The number of nitrogens with zero attached hydrogens (tertiary/aromatic N) is 3. The van der Waals surface area contributed by atoms with Crippen molar-refractivity contribution in [2.24, 2.45) is 4.99 Å². The third kappa shape index (κ3) is 8.20. The van der Waals surface area contributed by atoms with Crippen LogP contribution in [0.1, 0.15) is 16.8 Å². The van der Waals surface area contributed by atoms with Crippen molar-refractivity contribution >= 4 is 57.0 Å². The van der Waals surface area contributed by atoms with Crippen molar-refractivity contribution in [1.29, 1.82) is 0 Å². The van der Waals surface area contributed by atoms with Crippen LogP contribution >= 0.6 is 35.3 Å². The highest BCUT2D eigenvalue weighted by atomic mass is 127. The first-order valence-corrected chi connectivity index (χ1v) is 10.8. The third-order valence-corrected chi connectivity index (χ3v) is 5.79. The fraction of sp³-hybridized carbons (Fsp3) is 0.375. The highest BCUT2D eigenvalue weighted by Crippen LogP contribution is 2.16. The fourth-order valence-electron chi connectivity index (χ4n) is 2.18. The number of thiazole rings is 1. The summed E-state index contributed by atoms with van der Waals surface area (Å²) in [5.41, 5.74) is -0.278. The van der Waals surface area contributed by atoms with Gasteiger partial charge in [-0.3, -0.25) is 10.1 Å². The van der Waals surface area contributed by atoms with Gasteiger partial charge in [-0.1, -0.05) is 6.07 Å². The molecule has 0 spiro atoms. The number of guanidine groups is 1. The molecule has 0 amide bonds. The number of non-ortho nitro benzene ring substituents is 1. The number of benzene rings is 1. The zero-order valence-electron chi connectivity index (χ0n) is 15.9. The molecule has 0 bridgehead atoms. The van der Waals surface area contributed by atoms with Crippen molar-refractivity contribution in [3.05, 3.63) is 50.5 Å². The van der Waals surface area contributed by atoms with Gasteiger partial charge in [0.25, 0.3) is 5.69 Å². The first-order chi connectivity index (χ1) is 13.3. The van der Waals surface area contributed by atoms with Gasteiger partial charge in [0.05, 0.1) is 16.4 Å². The molecule has 0 aliphatic rings.